The molecule has 15 heavy (non-hydrogen) atoms. The number of nitrogens with one attached hydrogen (secondary N) is 1. The number of carbonyl (C=O) groups is 2. The number of nitrogens with two attached hydrogens (primary N) is 1. The van der Waals surface area contributed by atoms with E-state index < -0.39 is 11.4 Å². The molecule has 5 nitrogen and oxygen atoms in total. The normalized spacial score (nSPS) is 13.5. The number of hydrogen-bond donors (Lipinski definition) is 3. The Bertz CT molecular complexity index is 239. The zero-order valence-corrected chi connectivity index (χ0v) is 9.54. The van der Waals surface area contributed by atoms with E-state index in [2.05, 4.69) is 5.32 Å². The van der Waals surface area contributed by atoms with Gasteiger partial charge in [0, 0.05) is 19.0 Å². The molecule has 5 heteroatoms. The van der Waals surface area contributed by atoms with E-state index >= 15 is 0 Å². The molecule has 0 rings (SSSR count). The van der Waals surface area contributed by atoms with Crippen molar-refractivity contribution in [1.29, 1.82) is 0 Å². The van der Waals surface area contributed by atoms with Crippen LogP contribution in [0.4, 0.5) is 0 Å². The largest absolute Gasteiger partial charge is 0.481 e. The fourth-order valence-electron chi connectivity index (χ4n) is 0.959. The van der Waals surface area contributed by atoms with Crippen molar-refractivity contribution in [2.45, 2.75) is 39.7 Å². The van der Waals surface area contributed by atoms with Crippen LogP contribution >= 0.6 is 0 Å². The number of carboxylic acids is 1. The van der Waals surface area contributed by atoms with Gasteiger partial charge in [0.15, 0.2) is 0 Å². The molecular formula is C10H20N2O3. The second kappa shape index (κ2) is 5.70. The summed E-state index contributed by atoms with van der Waals surface area (Å²) in [6.07, 6.45) is 0.676. The molecule has 0 heterocycles. The Balaban J connectivity index is 3.84. The number of hydrogen-bond acceptors (Lipinski definition) is 3. The Morgan fingerprint density at radius 1 is 1.47 bits per heavy atom. The summed E-state index contributed by atoms with van der Waals surface area (Å²) in [6.45, 7) is 5.86. The van der Waals surface area contributed by atoms with Crippen molar-refractivity contribution in [3.8, 4) is 0 Å². The van der Waals surface area contributed by atoms with Gasteiger partial charge in [-0.05, 0) is 27.2 Å². The molecule has 0 saturated heterocycles. The van der Waals surface area contributed by atoms with Crippen molar-refractivity contribution in [3.63, 3.8) is 0 Å². The van der Waals surface area contributed by atoms with E-state index in [1.54, 1.807) is 13.8 Å². The summed E-state index contributed by atoms with van der Waals surface area (Å²) in [5.41, 5.74) is 4.61. The highest BCUT2D eigenvalue weighted by Gasteiger charge is 2.24. The summed E-state index contributed by atoms with van der Waals surface area (Å²) in [5.74, 6) is -1.17. The van der Waals surface area contributed by atoms with Gasteiger partial charge in [0.1, 0.15) is 0 Å². The lowest BCUT2D eigenvalue weighted by molar-refractivity contribution is -0.137. The third-order valence-corrected chi connectivity index (χ3v) is 2.35. The van der Waals surface area contributed by atoms with Gasteiger partial charge in [-0.3, -0.25) is 9.59 Å². The lowest BCUT2D eigenvalue weighted by Crippen LogP contribution is -2.43. The van der Waals surface area contributed by atoms with Crippen molar-refractivity contribution >= 4 is 11.9 Å². The van der Waals surface area contributed by atoms with E-state index in [9.17, 15) is 9.59 Å². The van der Waals surface area contributed by atoms with Crippen molar-refractivity contribution in [2.75, 3.05) is 6.54 Å². The highest BCUT2D eigenvalue weighted by Crippen LogP contribution is 2.12. The first kappa shape index (κ1) is 13.9. The number of carbonyl (C=O) groups excluding carboxylic acids is 1. The van der Waals surface area contributed by atoms with E-state index in [1.807, 2.05) is 6.92 Å². The van der Waals surface area contributed by atoms with Crippen molar-refractivity contribution < 1.29 is 14.7 Å². The molecule has 0 aromatic rings. The van der Waals surface area contributed by atoms with E-state index in [0.717, 1.165) is 0 Å². The molecule has 1 atom stereocenters. The summed E-state index contributed by atoms with van der Waals surface area (Å²) in [5, 5.41) is 11.6. The number of rotatable bonds is 7. The number of aliphatic carboxylic acids is 1. The summed E-state index contributed by atoms with van der Waals surface area (Å²) >= 11 is 0. The van der Waals surface area contributed by atoms with Crippen LogP contribution in [0.2, 0.25) is 0 Å². The first-order chi connectivity index (χ1) is 6.75. The second-order valence-electron chi connectivity index (χ2n) is 4.46. The van der Waals surface area contributed by atoms with Crippen LogP contribution < -0.4 is 11.1 Å². The van der Waals surface area contributed by atoms with Gasteiger partial charge in [0.2, 0.25) is 5.91 Å². The summed E-state index contributed by atoms with van der Waals surface area (Å²) in [4.78, 5) is 21.3. The van der Waals surface area contributed by atoms with Gasteiger partial charge in [-0.25, -0.2) is 0 Å². The fraction of sp³-hybridized carbons (Fsp3) is 0.800. The Labute approximate surface area is 90.0 Å². The molecule has 0 saturated carbocycles. The molecule has 0 aromatic carbocycles. The van der Waals surface area contributed by atoms with Gasteiger partial charge < -0.3 is 16.2 Å². The maximum atomic E-state index is 11.0. The zero-order valence-electron chi connectivity index (χ0n) is 9.54. The molecule has 1 unspecified atom stereocenters. The average molecular weight is 216 g/mol. The maximum Gasteiger partial charge on any atom is 0.303 e. The molecule has 0 aromatic heterocycles. The SMILES string of the molecule is CC(CCC(=O)O)NCC(C)(C)C(N)=O. The fourth-order valence-corrected chi connectivity index (χ4v) is 0.959. The maximum absolute atomic E-state index is 11.0. The predicted molar refractivity (Wildman–Crippen MR) is 57.3 cm³/mol. The first-order valence-electron chi connectivity index (χ1n) is 5.01. The molecule has 1 amide bonds. The molecule has 0 aliphatic heterocycles. The summed E-state index contributed by atoms with van der Waals surface area (Å²) < 4.78 is 0. The van der Waals surface area contributed by atoms with Crippen LogP contribution in [0.3, 0.4) is 0 Å². The average Bonchev–Trinajstić information content (AvgIpc) is 2.11. The van der Waals surface area contributed by atoms with E-state index in [-0.39, 0.29) is 18.4 Å². The van der Waals surface area contributed by atoms with Crippen LogP contribution in [-0.4, -0.2) is 29.6 Å². The highest BCUT2D eigenvalue weighted by molar-refractivity contribution is 5.80. The molecule has 0 spiro atoms. The Morgan fingerprint density at radius 3 is 2.40 bits per heavy atom. The third-order valence-electron chi connectivity index (χ3n) is 2.35. The van der Waals surface area contributed by atoms with Crippen LogP contribution in [0.15, 0.2) is 0 Å². The molecule has 0 aliphatic carbocycles. The quantitative estimate of drug-likeness (QED) is 0.572. The van der Waals surface area contributed by atoms with Crippen LogP contribution in [0.5, 0.6) is 0 Å². The van der Waals surface area contributed by atoms with Gasteiger partial charge in [-0.2, -0.15) is 0 Å². The Hall–Kier alpha value is -1.10. The minimum absolute atomic E-state index is 0.0692. The van der Waals surface area contributed by atoms with Gasteiger partial charge in [-0.15, -0.1) is 0 Å². The minimum Gasteiger partial charge on any atom is -0.481 e. The molecule has 0 bridgehead atoms. The highest BCUT2D eigenvalue weighted by atomic mass is 16.4. The van der Waals surface area contributed by atoms with Gasteiger partial charge in [-0.1, -0.05) is 0 Å². The smallest absolute Gasteiger partial charge is 0.303 e. The summed E-state index contributed by atoms with van der Waals surface area (Å²) in [7, 11) is 0. The second-order valence-corrected chi connectivity index (χ2v) is 4.46. The van der Waals surface area contributed by atoms with Crippen LogP contribution in [0.1, 0.15) is 33.6 Å². The van der Waals surface area contributed by atoms with E-state index in [1.165, 1.54) is 0 Å². The lowest BCUT2D eigenvalue weighted by atomic mass is 9.92. The molecular weight excluding hydrogens is 196 g/mol. The summed E-state index contributed by atoms with van der Waals surface area (Å²) in [6, 6.07) is 0.0692. The standard InChI is InChI=1S/C10H20N2O3/c1-7(4-5-8(13)14)12-6-10(2,3)9(11)15/h7,12H,4-6H2,1-3H3,(H2,11,15)(H,13,14). The Kier molecular flexibility index (Phi) is 5.28. The van der Waals surface area contributed by atoms with Crippen molar-refractivity contribution in [1.82, 2.24) is 5.32 Å². The number of amides is 1. The van der Waals surface area contributed by atoms with E-state index in [4.69, 9.17) is 10.8 Å². The van der Waals surface area contributed by atoms with Crippen LogP contribution in [0.25, 0.3) is 0 Å². The number of primary amides is 1. The molecule has 0 fully saturated rings. The monoisotopic (exact) mass is 216 g/mol. The zero-order chi connectivity index (χ0) is 12.1. The minimum atomic E-state index is -0.808. The first-order valence-corrected chi connectivity index (χ1v) is 5.01. The van der Waals surface area contributed by atoms with Gasteiger partial charge >= 0.3 is 5.97 Å². The third kappa shape index (κ3) is 6.06. The van der Waals surface area contributed by atoms with E-state index in [0.29, 0.717) is 13.0 Å². The molecule has 0 aliphatic rings. The number of carboxylic acid groups (broad SMARTS) is 1. The van der Waals surface area contributed by atoms with Crippen LogP contribution in [-0.2, 0) is 9.59 Å². The lowest BCUT2D eigenvalue weighted by Gasteiger charge is -2.23. The molecule has 0 radical (unpaired) electrons. The predicted octanol–water partition coefficient (Wildman–Crippen LogP) is 0.341. The van der Waals surface area contributed by atoms with Crippen molar-refractivity contribution in [2.24, 2.45) is 11.1 Å². The van der Waals surface area contributed by atoms with Crippen molar-refractivity contribution in [3.05, 3.63) is 0 Å². The van der Waals surface area contributed by atoms with Gasteiger partial charge in [0.05, 0.1) is 5.41 Å². The van der Waals surface area contributed by atoms with Crippen LogP contribution in [0, 0.1) is 5.41 Å². The van der Waals surface area contributed by atoms with Gasteiger partial charge in [0.25, 0.3) is 0 Å². The topological polar surface area (TPSA) is 92.4 Å². The Morgan fingerprint density at radius 2 is 2.00 bits per heavy atom. The molecule has 88 valence electrons. The molecule has 4 N–H and O–H groups in total.